The van der Waals surface area contributed by atoms with Crippen LogP contribution in [0, 0.1) is 11.3 Å². The molecule has 1 aromatic carbocycles. The zero-order valence-corrected chi connectivity index (χ0v) is 13.2. The van der Waals surface area contributed by atoms with Gasteiger partial charge in [-0.1, -0.05) is 19.9 Å². The molecule has 0 spiro atoms. The summed E-state index contributed by atoms with van der Waals surface area (Å²) in [6.07, 6.45) is 3.14. The number of benzene rings is 1. The van der Waals surface area contributed by atoms with Crippen molar-refractivity contribution in [2.24, 2.45) is 0 Å². The zero-order chi connectivity index (χ0) is 16.8. The number of H-pyrrole nitrogens is 2. The lowest BCUT2D eigenvalue weighted by Gasteiger charge is -2.13. The molecule has 4 rings (SSSR count). The minimum Gasteiger partial charge on any atom is -0.338 e. The first kappa shape index (κ1) is 14.2. The fourth-order valence-electron chi connectivity index (χ4n) is 2.97. The van der Waals surface area contributed by atoms with Gasteiger partial charge in [0.05, 0.1) is 23.6 Å². The van der Waals surface area contributed by atoms with Crippen LogP contribution in [0.2, 0.25) is 0 Å². The van der Waals surface area contributed by atoms with E-state index < -0.39 is 0 Å². The molecule has 0 bridgehead atoms. The van der Waals surface area contributed by atoms with E-state index in [1.807, 2.05) is 32.0 Å². The summed E-state index contributed by atoms with van der Waals surface area (Å²) in [5.41, 5.74) is 3.69. The molecule has 4 aromatic rings. The smallest absolute Gasteiger partial charge is 0.278 e. The topological polar surface area (TPSA) is 103 Å². The molecular formula is C17H14N6O. The van der Waals surface area contributed by atoms with Gasteiger partial charge in [-0.05, 0) is 23.6 Å². The third-order valence-corrected chi connectivity index (χ3v) is 4.13. The van der Waals surface area contributed by atoms with Crippen LogP contribution in [0.25, 0.3) is 27.8 Å². The molecule has 2 N–H and O–H groups in total. The van der Waals surface area contributed by atoms with Crippen LogP contribution in [-0.4, -0.2) is 24.8 Å². The highest BCUT2D eigenvalue weighted by Crippen LogP contribution is 2.28. The number of aromatic nitrogens is 5. The Kier molecular flexibility index (Phi) is 3.00. The number of hydrogen-bond acceptors (Lipinski definition) is 4. The summed E-state index contributed by atoms with van der Waals surface area (Å²) in [6, 6.07) is 7.88. The Balaban J connectivity index is 2.10. The first-order chi connectivity index (χ1) is 11.6. The van der Waals surface area contributed by atoms with Crippen molar-refractivity contribution in [3.8, 4) is 17.3 Å². The lowest BCUT2D eigenvalue weighted by molar-refractivity contribution is 0.797. The number of nitrogens with one attached hydrogen (secondary N) is 2. The molecule has 3 heterocycles. The second-order valence-electron chi connectivity index (χ2n) is 5.98. The van der Waals surface area contributed by atoms with Gasteiger partial charge in [-0.15, -0.1) is 0 Å². The van der Waals surface area contributed by atoms with Crippen LogP contribution < -0.4 is 5.56 Å². The lowest BCUT2D eigenvalue weighted by atomic mass is 9.97. The van der Waals surface area contributed by atoms with E-state index in [-0.39, 0.29) is 11.5 Å². The van der Waals surface area contributed by atoms with Crippen molar-refractivity contribution in [3.63, 3.8) is 0 Å². The first-order valence-electron chi connectivity index (χ1n) is 7.57. The van der Waals surface area contributed by atoms with Crippen LogP contribution in [-0.2, 0) is 0 Å². The molecule has 0 amide bonds. The minimum atomic E-state index is -0.206. The number of rotatable bonds is 2. The molecule has 0 atom stereocenters. The number of aromatic amines is 2. The molecule has 24 heavy (non-hydrogen) atoms. The summed E-state index contributed by atoms with van der Waals surface area (Å²) in [4.78, 5) is 16.1. The second-order valence-corrected chi connectivity index (χ2v) is 5.98. The molecule has 0 unspecified atom stereocenters. The second kappa shape index (κ2) is 5.06. The Hall–Kier alpha value is -3.40. The monoisotopic (exact) mass is 318 g/mol. The number of nitrogens with zero attached hydrogens (tertiary/aromatic N) is 4. The van der Waals surface area contributed by atoms with Gasteiger partial charge in [-0.2, -0.15) is 20.0 Å². The third-order valence-electron chi connectivity index (χ3n) is 4.13. The predicted octanol–water partition coefficient (Wildman–Crippen LogP) is 2.56. The third kappa shape index (κ3) is 1.93. The van der Waals surface area contributed by atoms with Gasteiger partial charge in [0.25, 0.3) is 5.56 Å². The van der Waals surface area contributed by atoms with Crippen molar-refractivity contribution in [1.29, 1.82) is 5.26 Å². The van der Waals surface area contributed by atoms with E-state index in [4.69, 9.17) is 0 Å². The largest absolute Gasteiger partial charge is 0.338 e. The van der Waals surface area contributed by atoms with Crippen LogP contribution in [0.1, 0.15) is 30.9 Å². The maximum absolute atomic E-state index is 12.9. The molecule has 0 saturated carbocycles. The van der Waals surface area contributed by atoms with Crippen LogP contribution in [0.15, 0.2) is 35.4 Å². The first-order valence-corrected chi connectivity index (χ1v) is 7.57. The summed E-state index contributed by atoms with van der Waals surface area (Å²) < 4.78 is 1.26. The van der Waals surface area contributed by atoms with Gasteiger partial charge in [0.2, 0.25) is 0 Å². The highest BCUT2D eigenvalue weighted by atomic mass is 16.1. The van der Waals surface area contributed by atoms with Gasteiger partial charge in [-0.25, -0.2) is 0 Å². The van der Waals surface area contributed by atoms with Gasteiger partial charge in [0.1, 0.15) is 11.6 Å². The molecule has 0 radical (unpaired) electrons. The maximum atomic E-state index is 12.9. The summed E-state index contributed by atoms with van der Waals surface area (Å²) >= 11 is 0. The van der Waals surface area contributed by atoms with E-state index in [2.05, 4.69) is 26.3 Å². The summed E-state index contributed by atoms with van der Waals surface area (Å²) in [6.45, 7) is 3.93. The predicted molar refractivity (Wildman–Crippen MR) is 89.7 cm³/mol. The van der Waals surface area contributed by atoms with Gasteiger partial charge in [-0.3, -0.25) is 9.89 Å². The van der Waals surface area contributed by atoms with Gasteiger partial charge in [0.15, 0.2) is 5.65 Å². The van der Waals surface area contributed by atoms with Crippen molar-refractivity contribution in [2.45, 2.75) is 19.8 Å². The van der Waals surface area contributed by atoms with E-state index in [0.29, 0.717) is 22.5 Å². The molecule has 0 aliphatic rings. The standard InChI is InChI=1S/C17H14N6O/c1-9(2)14-15(10-3-4-13-11(5-10)7-19-22-13)21-16-12(6-18)8-20-23(16)17(14)24/h3-5,7-9,21H,1-2H3,(H,19,22). The fraction of sp³-hybridized carbons (Fsp3) is 0.176. The molecule has 0 fully saturated rings. The quantitative estimate of drug-likeness (QED) is 0.593. The van der Waals surface area contributed by atoms with Crippen LogP contribution >= 0.6 is 0 Å². The zero-order valence-electron chi connectivity index (χ0n) is 13.2. The van der Waals surface area contributed by atoms with Gasteiger partial charge >= 0.3 is 0 Å². The summed E-state index contributed by atoms with van der Waals surface area (Å²) in [7, 11) is 0. The van der Waals surface area contributed by atoms with Gasteiger partial charge < -0.3 is 4.98 Å². The molecule has 118 valence electrons. The molecule has 3 aromatic heterocycles. The minimum absolute atomic E-state index is 0.00272. The fourth-order valence-corrected chi connectivity index (χ4v) is 2.97. The van der Waals surface area contributed by atoms with Crippen molar-refractivity contribution >= 4 is 16.6 Å². The van der Waals surface area contributed by atoms with E-state index in [9.17, 15) is 10.1 Å². The average molecular weight is 318 g/mol. The number of nitriles is 1. The van der Waals surface area contributed by atoms with E-state index in [0.717, 1.165) is 16.5 Å². The Morgan fingerprint density at radius 2 is 2.12 bits per heavy atom. The van der Waals surface area contributed by atoms with Crippen LogP contribution in [0.4, 0.5) is 0 Å². The molecule has 7 heteroatoms. The number of hydrogen-bond donors (Lipinski definition) is 2. The maximum Gasteiger partial charge on any atom is 0.278 e. The van der Waals surface area contributed by atoms with Crippen molar-refractivity contribution < 1.29 is 0 Å². The summed E-state index contributed by atoms with van der Waals surface area (Å²) in [5.74, 6) is 0.00272. The van der Waals surface area contributed by atoms with Crippen molar-refractivity contribution in [1.82, 2.24) is 24.8 Å². The Morgan fingerprint density at radius 3 is 2.88 bits per heavy atom. The van der Waals surface area contributed by atoms with Crippen LogP contribution in [0.5, 0.6) is 0 Å². The lowest BCUT2D eigenvalue weighted by Crippen LogP contribution is -2.22. The molecule has 0 aliphatic carbocycles. The van der Waals surface area contributed by atoms with Crippen molar-refractivity contribution in [2.75, 3.05) is 0 Å². The average Bonchev–Trinajstić information content (AvgIpc) is 3.19. The van der Waals surface area contributed by atoms with E-state index in [1.54, 1.807) is 6.20 Å². The molecular weight excluding hydrogens is 304 g/mol. The Bertz CT molecular complexity index is 1170. The summed E-state index contributed by atoms with van der Waals surface area (Å²) in [5, 5.41) is 21.2. The highest BCUT2D eigenvalue weighted by Gasteiger charge is 2.19. The Morgan fingerprint density at radius 1 is 1.29 bits per heavy atom. The van der Waals surface area contributed by atoms with Gasteiger partial charge in [0, 0.05) is 10.9 Å². The van der Waals surface area contributed by atoms with E-state index in [1.165, 1.54) is 10.7 Å². The van der Waals surface area contributed by atoms with Crippen molar-refractivity contribution in [3.05, 3.63) is 52.1 Å². The molecule has 0 saturated heterocycles. The molecule has 7 nitrogen and oxygen atoms in total. The molecule has 0 aliphatic heterocycles. The SMILES string of the molecule is CC(C)c1c(-c2ccc3[nH]ncc3c2)[nH]c2c(C#N)cnn2c1=O. The van der Waals surface area contributed by atoms with Crippen LogP contribution in [0.3, 0.4) is 0 Å². The Labute approximate surface area is 136 Å². The van der Waals surface area contributed by atoms with E-state index >= 15 is 0 Å². The highest BCUT2D eigenvalue weighted by molar-refractivity contribution is 5.84. The number of fused-ring (bicyclic) bond motifs is 2. The normalized spacial score (nSPS) is 11.4.